The second-order valence-electron chi connectivity index (χ2n) is 9.06. The molecule has 0 radical (unpaired) electrons. The average Bonchev–Trinajstić information content (AvgIpc) is 2.88. The van der Waals surface area contributed by atoms with Crippen LogP contribution in [-0.4, -0.2) is 36.4 Å². The van der Waals surface area contributed by atoms with Gasteiger partial charge in [-0.1, -0.05) is 39.5 Å². The molecule has 1 aromatic heterocycles. The van der Waals surface area contributed by atoms with Crippen LogP contribution in [0.15, 0.2) is 36.5 Å². The van der Waals surface area contributed by atoms with E-state index in [4.69, 9.17) is 14.2 Å². The first kappa shape index (κ1) is 27.1. The number of pyridine rings is 1. The van der Waals surface area contributed by atoms with E-state index in [-0.39, 0.29) is 6.04 Å². The number of hydrogen-bond acceptors (Lipinski definition) is 5. The Balaban J connectivity index is 2.00. The number of rotatable bonds is 12. The second-order valence-corrected chi connectivity index (χ2v) is 9.06. The number of benzene rings is 2. The number of nitrogens with zero attached hydrogens (tertiary/aromatic N) is 2. The maximum atomic E-state index is 12.4. The Bertz CT molecular complexity index is 1190. The summed E-state index contributed by atoms with van der Waals surface area (Å²) in [6, 6.07) is 9.16. The van der Waals surface area contributed by atoms with Crippen molar-refractivity contribution < 1.29 is 24.1 Å². The standard InChI is InChI=1S/C29H38N2O5/c1-7-9-11-21(12-10-8-2)31(29(32)33)24-13-14-25(20(4)19(24)3)36-26-15-16-30-23-18-28(35-6)27(34-5)17-22(23)26/h13-18,21H,7-12H2,1-6H3,(H,32,33). The van der Waals surface area contributed by atoms with Crippen LogP contribution in [0.25, 0.3) is 10.9 Å². The lowest BCUT2D eigenvalue weighted by Gasteiger charge is -2.31. The van der Waals surface area contributed by atoms with Crippen LogP contribution in [0.2, 0.25) is 0 Å². The normalized spacial score (nSPS) is 11.1. The number of carbonyl (C=O) groups is 1. The van der Waals surface area contributed by atoms with Crippen molar-refractivity contribution in [1.82, 2.24) is 4.98 Å². The number of amides is 1. The van der Waals surface area contributed by atoms with Crippen LogP contribution < -0.4 is 19.1 Å². The number of ether oxygens (including phenoxy) is 3. The lowest BCUT2D eigenvalue weighted by atomic mass is 9.99. The quantitative estimate of drug-likeness (QED) is 0.276. The van der Waals surface area contributed by atoms with Crippen molar-refractivity contribution in [3.8, 4) is 23.0 Å². The molecule has 1 heterocycles. The minimum atomic E-state index is -0.912. The van der Waals surface area contributed by atoms with Gasteiger partial charge < -0.3 is 19.3 Å². The molecule has 0 spiro atoms. The SMILES string of the molecule is CCCCC(CCCC)N(C(=O)O)c1ccc(Oc2ccnc3cc(OC)c(OC)cc23)c(C)c1C. The zero-order valence-electron chi connectivity index (χ0n) is 22.3. The van der Waals surface area contributed by atoms with Gasteiger partial charge in [-0.3, -0.25) is 9.88 Å². The summed E-state index contributed by atoms with van der Waals surface area (Å²) in [5, 5.41) is 11.0. The molecule has 0 saturated heterocycles. The van der Waals surface area contributed by atoms with Crippen molar-refractivity contribution >= 4 is 22.7 Å². The van der Waals surface area contributed by atoms with Gasteiger partial charge in [-0.05, 0) is 62.1 Å². The first-order valence-electron chi connectivity index (χ1n) is 12.7. The van der Waals surface area contributed by atoms with Gasteiger partial charge >= 0.3 is 6.09 Å². The Morgan fingerprint density at radius 3 is 2.14 bits per heavy atom. The zero-order valence-corrected chi connectivity index (χ0v) is 22.3. The summed E-state index contributed by atoms with van der Waals surface area (Å²) < 4.78 is 17.2. The Hall–Kier alpha value is -3.48. The third-order valence-electron chi connectivity index (χ3n) is 6.75. The number of hydrogen-bond donors (Lipinski definition) is 1. The maximum absolute atomic E-state index is 12.4. The van der Waals surface area contributed by atoms with Gasteiger partial charge in [-0.15, -0.1) is 0 Å². The van der Waals surface area contributed by atoms with Gasteiger partial charge in [0, 0.05) is 23.7 Å². The van der Waals surface area contributed by atoms with E-state index in [0.29, 0.717) is 23.0 Å². The van der Waals surface area contributed by atoms with E-state index in [2.05, 4.69) is 18.8 Å². The van der Waals surface area contributed by atoms with Crippen molar-refractivity contribution in [1.29, 1.82) is 0 Å². The number of unbranched alkanes of at least 4 members (excludes halogenated alkanes) is 2. The fraction of sp³-hybridized carbons (Fsp3) is 0.448. The van der Waals surface area contributed by atoms with E-state index < -0.39 is 6.09 Å². The lowest BCUT2D eigenvalue weighted by molar-refractivity contribution is 0.197. The van der Waals surface area contributed by atoms with Crippen molar-refractivity contribution in [2.45, 2.75) is 72.3 Å². The van der Waals surface area contributed by atoms with E-state index in [1.54, 1.807) is 25.3 Å². The fourth-order valence-electron chi connectivity index (χ4n) is 4.55. The molecule has 0 aliphatic carbocycles. The Morgan fingerprint density at radius 1 is 0.917 bits per heavy atom. The molecule has 3 aromatic rings. The number of fused-ring (bicyclic) bond motifs is 1. The molecule has 3 rings (SSSR count). The summed E-state index contributed by atoms with van der Waals surface area (Å²) in [6.45, 7) is 8.20. The maximum Gasteiger partial charge on any atom is 0.412 e. The molecule has 0 unspecified atom stereocenters. The number of aromatic nitrogens is 1. The number of carboxylic acid groups (broad SMARTS) is 1. The molecule has 0 aliphatic heterocycles. The smallest absolute Gasteiger partial charge is 0.412 e. The first-order valence-corrected chi connectivity index (χ1v) is 12.7. The van der Waals surface area contributed by atoms with E-state index in [1.807, 2.05) is 44.2 Å². The van der Waals surface area contributed by atoms with Crippen molar-refractivity contribution in [2.75, 3.05) is 19.1 Å². The van der Waals surface area contributed by atoms with Crippen molar-refractivity contribution in [2.24, 2.45) is 0 Å². The molecule has 0 aliphatic rings. The highest BCUT2D eigenvalue weighted by Gasteiger charge is 2.27. The van der Waals surface area contributed by atoms with Gasteiger partial charge in [0.2, 0.25) is 0 Å². The third-order valence-corrected chi connectivity index (χ3v) is 6.75. The molecule has 7 nitrogen and oxygen atoms in total. The molecule has 0 bridgehead atoms. The Labute approximate surface area is 214 Å². The highest BCUT2D eigenvalue weighted by molar-refractivity contribution is 5.89. The summed E-state index contributed by atoms with van der Waals surface area (Å²) in [6.07, 6.45) is 6.57. The average molecular weight is 495 g/mol. The fourth-order valence-corrected chi connectivity index (χ4v) is 4.55. The molecule has 36 heavy (non-hydrogen) atoms. The Kier molecular flexibility index (Phi) is 9.39. The van der Waals surface area contributed by atoms with Gasteiger partial charge in [0.05, 0.1) is 25.4 Å². The van der Waals surface area contributed by atoms with E-state index in [0.717, 1.165) is 66.2 Å². The van der Waals surface area contributed by atoms with E-state index in [9.17, 15) is 9.90 Å². The molecule has 7 heteroatoms. The van der Waals surface area contributed by atoms with Crippen LogP contribution in [0.3, 0.4) is 0 Å². The number of anilines is 1. The van der Waals surface area contributed by atoms with Crippen LogP contribution >= 0.6 is 0 Å². The molecule has 2 aromatic carbocycles. The summed E-state index contributed by atoms with van der Waals surface area (Å²) in [7, 11) is 3.18. The molecular weight excluding hydrogens is 456 g/mol. The summed E-state index contributed by atoms with van der Waals surface area (Å²) in [4.78, 5) is 18.4. The van der Waals surface area contributed by atoms with Gasteiger partial charge in [-0.2, -0.15) is 0 Å². The highest BCUT2D eigenvalue weighted by atomic mass is 16.5. The second kappa shape index (κ2) is 12.5. The molecule has 1 amide bonds. The molecule has 1 N–H and O–H groups in total. The van der Waals surface area contributed by atoms with Crippen LogP contribution in [0.4, 0.5) is 10.5 Å². The van der Waals surface area contributed by atoms with Gasteiger partial charge in [0.15, 0.2) is 11.5 Å². The summed E-state index contributed by atoms with van der Waals surface area (Å²) in [5.74, 6) is 2.49. The third kappa shape index (κ3) is 5.83. The molecule has 0 saturated carbocycles. The first-order chi connectivity index (χ1) is 17.4. The minimum absolute atomic E-state index is 0.0427. The van der Waals surface area contributed by atoms with Crippen molar-refractivity contribution in [3.63, 3.8) is 0 Å². The predicted octanol–water partition coefficient (Wildman–Crippen LogP) is 7.89. The lowest BCUT2D eigenvalue weighted by Crippen LogP contribution is -2.40. The van der Waals surface area contributed by atoms with Crippen molar-refractivity contribution in [3.05, 3.63) is 47.7 Å². The van der Waals surface area contributed by atoms with Crippen LogP contribution in [0.5, 0.6) is 23.0 Å². The Morgan fingerprint density at radius 2 is 1.56 bits per heavy atom. The highest BCUT2D eigenvalue weighted by Crippen LogP contribution is 2.39. The molecule has 0 atom stereocenters. The van der Waals surface area contributed by atoms with E-state index in [1.165, 1.54) is 0 Å². The molecule has 0 fully saturated rings. The van der Waals surface area contributed by atoms with Crippen LogP contribution in [-0.2, 0) is 0 Å². The minimum Gasteiger partial charge on any atom is -0.493 e. The van der Waals surface area contributed by atoms with Gasteiger partial charge in [0.1, 0.15) is 11.5 Å². The molecule has 194 valence electrons. The number of methoxy groups -OCH3 is 2. The van der Waals surface area contributed by atoms with E-state index >= 15 is 0 Å². The molecular formula is C29H38N2O5. The van der Waals surface area contributed by atoms with Crippen LogP contribution in [0.1, 0.15) is 63.5 Å². The van der Waals surface area contributed by atoms with Gasteiger partial charge in [-0.25, -0.2) is 4.79 Å². The van der Waals surface area contributed by atoms with Gasteiger partial charge in [0.25, 0.3) is 0 Å². The topological polar surface area (TPSA) is 81.1 Å². The summed E-state index contributed by atoms with van der Waals surface area (Å²) in [5.41, 5.74) is 3.23. The monoisotopic (exact) mass is 494 g/mol. The largest absolute Gasteiger partial charge is 0.493 e. The zero-order chi connectivity index (χ0) is 26.2. The van der Waals surface area contributed by atoms with Crippen LogP contribution in [0, 0.1) is 13.8 Å². The summed E-state index contributed by atoms with van der Waals surface area (Å²) >= 11 is 0. The predicted molar refractivity (Wildman–Crippen MR) is 144 cm³/mol.